The smallest absolute Gasteiger partial charge is 0.416 e. The molecule has 232 valence electrons. The Morgan fingerprint density at radius 1 is 1.05 bits per heavy atom. The van der Waals surface area contributed by atoms with Gasteiger partial charge in [0.1, 0.15) is 11.0 Å². The van der Waals surface area contributed by atoms with E-state index in [9.17, 15) is 22.8 Å². The first-order valence-corrected chi connectivity index (χ1v) is 15.2. The van der Waals surface area contributed by atoms with E-state index in [1.54, 1.807) is 42.5 Å². The number of nitrogens with zero attached hydrogens (tertiary/aromatic N) is 2. The Bertz CT molecular complexity index is 1510. The van der Waals surface area contributed by atoms with Crippen molar-refractivity contribution in [2.45, 2.75) is 57.0 Å². The van der Waals surface area contributed by atoms with Gasteiger partial charge in [-0.15, -0.1) is 0 Å². The molecule has 2 aliphatic heterocycles. The molecule has 8 nitrogen and oxygen atoms in total. The summed E-state index contributed by atoms with van der Waals surface area (Å²) in [5.74, 6) is 1.06. The molecule has 2 aliphatic rings. The summed E-state index contributed by atoms with van der Waals surface area (Å²) < 4.78 is 56.5. The van der Waals surface area contributed by atoms with Gasteiger partial charge in [-0.25, -0.2) is 4.99 Å². The van der Waals surface area contributed by atoms with Crippen LogP contribution in [0.15, 0.2) is 71.7 Å². The lowest BCUT2D eigenvalue weighted by Gasteiger charge is -2.17. The van der Waals surface area contributed by atoms with Gasteiger partial charge in [-0.1, -0.05) is 50.1 Å². The first-order chi connectivity index (χ1) is 21.2. The van der Waals surface area contributed by atoms with Gasteiger partial charge in [0, 0.05) is 12.1 Å². The van der Waals surface area contributed by atoms with Crippen LogP contribution in [0.25, 0.3) is 0 Å². The second-order valence-corrected chi connectivity index (χ2v) is 11.5. The van der Waals surface area contributed by atoms with Crippen LogP contribution in [0.1, 0.15) is 50.2 Å². The molecule has 12 heteroatoms. The number of rotatable bonds is 12. The van der Waals surface area contributed by atoms with Gasteiger partial charge < -0.3 is 19.5 Å². The van der Waals surface area contributed by atoms with Gasteiger partial charge in [0.2, 0.25) is 18.6 Å². The fourth-order valence-electron chi connectivity index (χ4n) is 4.69. The van der Waals surface area contributed by atoms with E-state index < -0.39 is 17.0 Å². The van der Waals surface area contributed by atoms with E-state index in [-0.39, 0.29) is 42.4 Å². The SMILES string of the molecule is CCCCCCOc1ccc(NC(=O)C[C@@H]2SC(=Nc3cccc(C(F)(F)F)c3)N(Cc3ccc4c(c3)OCO4)C2=O)cc1. The molecule has 0 unspecified atom stereocenters. The maximum atomic E-state index is 13.6. The van der Waals surface area contributed by atoms with E-state index in [1.165, 1.54) is 23.5 Å². The fraction of sp³-hybridized carbons (Fsp3) is 0.344. The molecule has 0 saturated carbocycles. The fourth-order valence-corrected chi connectivity index (χ4v) is 5.85. The number of hydrogen-bond donors (Lipinski definition) is 1. The molecular formula is C32H32F3N3O5S. The second kappa shape index (κ2) is 14.1. The number of thioether (sulfide) groups is 1. The van der Waals surface area contributed by atoms with E-state index in [0.29, 0.717) is 35.1 Å². The molecule has 0 aromatic heterocycles. The summed E-state index contributed by atoms with van der Waals surface area (Å²) in [6.45, 7) is 2.95. The zero-order valence-corrected chi connectivity index (χ0v) is 24.9. The molecule has 44 heavy (non-hydrogen) atoms. The van der Waals surface area contributed by atoms with Crippen LogP contribution in [-0.2, 0) is 22.3 Å². The molecule has 3 aromatic carbocycles. The van der Waals surface area contributed by atoms with Crippen LogP contribution in [0.2, 0.25) is 0 Å². The Labute approximate surface area is 257 Å². The van der Waals surface area contributed by atoms with Crippen LogP contribution in [0, 0.1) is 0 Å². The van der Waals surface area contributed by atoms with E-state index in [1.807, 2.05) is 0 Å². The Morgan fingerprint density at radius 2 is 1.84 bits per heavy atom. The quantitative estimate of drug-likeness (QED) is 0.209. The van der Waals surface area contributed by atoms with Crippen molar-refractivity contribution in [2.75, 3.05) is 18.7 Å². The van der Waals surface area contributed by atoms with Gasteiger partial charge in [0.15, 0.2) is 16.7 Å². The summed E-state index contributed by atoms with van der Waals surface area (Å²) >= 11 is 1.04. The lowest BCUT2D eigenvalue weighted by Crippen LogP contribution is -2.33. The van der Waals surface area contributed by atoms with Crippen LogP contribution >= 0.6 is 11.8 Å². The molecule has 2 amide bonds. The highest BCUT2D eigenvalue weighted by atomic mass is 32.2. The molecule has 0 bridgehead atoms. The highest BCUT2D eigenvalue weighted by molar-refractivity contribution is 8.15. The minimum Gasteiger partial charge on any atom is -0.494 e. The van der Waals surface area contributed by atoms with Crippen LogP contribution in [0.5, 0.6) is 17.2 Å². The van der Waals surface area contributed by atoms with E-state index >= 15 is 0 Å². The van der Waals surface area contributed by atoms with Crippen molar-refractivity contribution in [2.24, 2.45) is 4.99 Å². The van der Waals surface area contributed by atoms with Crippen molar-refractivity contribution >= 4 is 40.1 Å². The van der Waals surface area contributed by atoms with E-state index in [4.69, 9.17) is 14.2 Å². The van der Waals surface area contributed by atoms with E-state index in [2.05, 4.69) is 17.2 Å². The number of aliphatic imine (C=N–C) groups is 1. The molecule has 0 spiro atoms. The summed E-state index contributed by atoms with van der Waals surface area (Å²) in [4.78, 5) is 32.3. The van der Waals surface area contributed by atoms with Crippen LogP contribution in [0.4, 0.5) is 24.5 Å². The number of carbonyl (C=O) groups excluding carboxylic acids is 2. The number of anilines is 1. The Morgan fingerprint density at radius 3 is 2.61 bits per heavy atom. The third-order valence-corrected chi connectivity index (χ3v) is 8.15. The number of unbranched alkanes of at least 4 members (excludes halogenated alkanes) is 3. The lowest BCUT2D eigenvalue weighted by atomic mass is 10.1. The normalized spacial score (nSPS) is 16.9. The number of alkyl halides is 3. The number of benzene rings is 3. The molecule has 1 fully saturated rings. The monoisotopic (exact) mass is 627 g/mol. The van der Waals surface area contributed by atoms with Gasteiger partial charge >= 0.3 is 6.18 Å². The van der Waals surface area contributed by atoms with Crippen LogP contribution in [0.3, 0.4) is 0 Å². The Balaban J connectivity index is 1.28. The minimum absolute atomic E-state index is 0.0450. The van der Waals surface area contributed by atoms with Crippen LogP contribution in [-0.4, -0.2) is 40.5 Å². The van der Waals surface area contributed by atoms with Crippen molar-refractivity contribution in [1.29, 1.82) is 0 Å². The molecule has 3 aromatic rings. The average Bonchev–Trinajstić information content (AvgIpc) is 3.57. The van der Waals surface area contributed by atoms with Gasteiger partial charge in [-0.2, -0.15) is 13.2 Å². The largest absolute Gasteiger partial charge is 0.494 e. The minimum atomic E-state index is -4.54. The number of nitrogens with one attached hydrogen (secondary N) is 1. The number of halogens is 3. The van der Waals surface area contributed by atoms with Crippen LogP contribution < -0.4 is 19.5 Å². The predicted molar refractivity (Wildman–Crippen MR) is 162 cm³/mol. The molecule has 1 atom stereocenters. The topological polar surface area (TPSA) is 89.5 Å². The number of fused-ring (bicyclic) bond motifs is 1. The Kier molecular flexibility index (Phi) is 9.99. The average molecular weight is 628 g/mol. The standard InChI is InChI=1S/C32H32F3N3O5S/c1-2-3-4-5-15-41-25-12-10-23(11-13-25)36-29(39)18-28-30(40)38(19-21-9-14-26-27(16-21)43-20-42-26)31(44-28)37-24-8-6-7-22(17-24)32(33,34)35/h6-14,16-17,28H,2-5,15,18-20H2,1H3,(H,36,39)/t28-/m0/s1. The number of amidine groups is 1. The predicted octanol–water partition coefficient (Wildman–Crippen LogP) is 7.55. The molecule has 1 N–H and O–H groups in total. The summed E-state index contributed by atoms with van der Waals surface area (Å²) in [5.41, 5.74) is 0.458. The number of ether oxygens (including phenoxy) is 3. The van der Waals surface area contributed by atoms with Crippen molar-refractivity contribution in [1.82, 2.24) is 4.90 Å². The third-order valence-electron chi connectivity index (χ3n) is 6.97. The highest BCUT2D eigenvalue weighted by Gasteiger charge is 2.39. The number of amides is 2. The van der Waals surface area contributed by atoms with Crippen molar-refractivity contribution in [3.05, 3.63) is 77.9 Å². The third kappa shape index (κ3) is 8.04. The lowest BCUT2D eigenvalue weighted by molar-refractivity contribution is -0.137. The van der Waals surface area contributed by atoms with Crippen molar-refractivity contribution in [3.63, 3.8) is 0 Å². The maximum absolute atomic E-state index is 13.6. The Hall–Kier alpha value is -4.19. The summed E-state index contributed by atoms with van der Waals surface area (Å²) in [6, 6.07) is 16.8. The van der Waals surface area contributed by atoms with Gasteiger partial charge in [-0.3, -0.25) is 14.5 Å². The summed E-state index contributed by atoms with van der Waals surface area (Å²) in [5, 5.41) is 2.19. The van der Waals surface area contributed by atoms with Gasteiger partial charge in [0.25, 0.3) is 0 Å². The zero-order valence-electron chi connectivity index (χ0n) is 24.1. The maximum Gasteiger partial charge on any atom is 0.416 e. The van der Waals surface area contributed by atoms with Crippen molar-refractivity contribution in [3.8, 4) is 17.2 Å². The molecule has 0 radical (unpaired) electrons. The number of hydrogen-bond acceptors (Lipinski definition) is 7. The number of carbonyl (C=O) groups is 2. The molecule has 1 saturated heterocycles. The highest BCUT2D eigenvalue weighted by Crippen LogP contribution is 2.37. The zero-order chi connectivity index (χ0) is 31.1. The van der Waals surface area contributed by atoms with Gasteiger partial charge in [0.05, 0.1) is 24.4 Å². The second-order valence-electron chi connectivity index (χ2n) is 10.3. The molecule has 2 heterocycles. The first-order valence-electron chi connectivity index (χ1n) is 14.3. The summed E-state index contributed by atoms with van der Waals surface area (Å²) in [6.07, 6.45) is -0.279. The molecule has 5 rings (SSSR count). The van der Waals surface area contributed by atoms with Crippen molar-refractivity contribution < 1.29 is 37.0 Å². The molecular weight excluding hydrogens is 595 g/mol. The van der Waals surface area contributed by atoms with E-state index in [0.717, 1.165) is 43.2 Å². The molecule has 0 aliphatic carbocycles. The first kappa shape index (κ1) is 31.2. The van der Waals surface area contributed by atoms with Gasteiger partial charge in [-0.05, 0) is 66.6 Å². The summed E-state index contributed by atoms with van der Waals surface area (Å²) in [7, 11) is 0.